The Morgan fingerprint density at radius 3 is 2.80 bits per heavy atom. The van der Waals surface area contributed by atoms with Crippen molar-refractivity contribution in [1.82, 2.24) is 15.2 Å². The molecule has 0 saturated heterocycles. The Bertz CT molecular complexity index is 541. The van der Waals surface area contributed by atoms with Gasteiger partial charge in [0.2, 0.25) is 5.95 Å². The molecule has 0 radical (unpaired) electrons. The van der Waals surface area contributed by atoms with Gasteiger partial charge in [0.1, 0.15) is 0 Å². The first-order valence-electron chi connectivity index (χ1n) is 6.67. The van der Waals surface area contributed by atoms with Crippen LogP contribution in [0.4, 0.5) is 11.8 Å². The van der Waals surface area contributed by atoms with Crippen molar-refractivity contribution >= 4 is 11.8 Å². The van der Waals surface area contributed by atoms with Gasteiger partial charge in [0.25, 0.3) is 0 Å². The van der Waals surface area contributed by atoms with Crippen molar-refractivity contribution < 1.29 is 0 Å². The SMILES string of the molecule is C=CCNc1cnnc(N(CC)Cc2ccccc2)n1. The first kappa shape index (κ1) is 14.0. The van der Waals surface area contributed by atoms with Crippen molar-refractivity contribution in [3.8, 4) is 0 Å². The first-order chi connectivity index (χ1) is 9.83. The van der Waals surface area contributed by atoms with Gasteiger partial charge in [-0.25, -0.2) is 0 Å². The van der Waals surface area contributed by atoms with Crippen molar-refractivity contribution in [3.05, 3.63) is 54.7 Å². The van der Waals surface area contributed by atoms with Gasteiger partial charge in [0.15, 0.2) is 5.82 Å². The Balaban J connectivity index is 2.12. The van der Waals surface area contributed by atoms with Crippen LogP contribution in [0.25, 0.3) is 0 Å². The summed E-state index contributed by atoms with van der Waals surface area (Å²) in [4.78, 5) is 6.56. The summed E-state index contributed by atoms with van der Waals surface area (Å²) in [6.45, 7) is 7.99. The molecule has 20 heavy (non-hydrogen) atoms. The van der Waals surface area contributed by atoms with E-state index in [1.165, 1.54) is 5.56 Å². The normalized spacial score (nSPS) is 10.1. The van der Waals surface area contributed by atoms with Gasteiger partial charge in [-0.1, -0.05) is 36.4 Å². The molecular weight excluding hydrogens is 250 g/mol. The summed E-state index contributed by atoms with van der Waals surface area (Å²) >= 11 is 0. The fourth-order valence-corrected chi connectivity index (χ4v) is 1.82. The molecule has 5 heteroatoms. The number of hydrogen-bond acceptors (Lipinski definition) is 5. The maximum atomic E-state index is 4.47. The van der Waals surface area contributed by atoms with Gasteiger partial charge in [0.05, 0.1) is 6.20 Å². The predicted molar refractivity (Wildman–Crippen MR) is 81.7 cm³/mol. The molecule has 2 rings (SSSR count). The van der Waals surface area contributed by atoms with Crippen LogP contribution in [0.15, 0.2) is 49.2 Å². The zero-order valence-corrected chi connectivity index (χ0v) is 11.7. The first-order valence-corrected chi connectivity index (χ1v) is 6.67. The summed E-state index contributed by atoms with van der Waals surface area (Å²) in [6, 6.07) is 10.3. The summed E-state index contributed by atoms with van der Waals surface area (Å²) in [7, 11) is 0. The quantitative estimate of drug-likeness (QED) is 0.783. The Morgan fingerprint density at radius 2 is 2.10 bits per heavy atom. The molecule has 0 aliphatic carbocycles. The van der Waals surface area contributed by atoms with Crippen LogP contribution in [0.2, 0.25) is 0 Å². The van der Waals surface area contributed by atoms with E-state index in [4.69, 9.17) is 0 Å². The highest BCUT2D eigenvalue weighted by Gasteiger charge is 2.09. The molecule has 0 fully saturated rings. The van der Waals surface area contributed by atoms with Gasteiger partial charge in [-0.2, -0.15) is 10.1 Å². The molecule has 104 valence electrons. The fourth-order valence-electron chi connectivity index (χ4n) is 1.82. The van der Waals surface area contributed by atoms with Crippen LogP contribution in [0.5, 0.6) is 0 Å². The molecule has 1 aromatic carbocycles. The lowest BCUT2D eigenvalue weighted by Gasteiger charge is -2.20. The fraction of sp³-hybridized carbons (Fsp3) is 0.267. The predicted octanol–water partition coefficient (Wildman–Crippen LogP) is 2.50. The molecule has 0 amide bonds. The maximum Gasteiger partial charge on any atom is 0.247 e. The summed E-state index contributed by atoms with van der Waals surface area (Å²) in [5.41, 5.74) is 1.22. The molecule has 1 N–H and O–H groups in total. The number of nitrogens with zero attached hydrogens (tertiary/aromatic N) is 4. The minimum absolute atomic E-state index is 0.630. The summed E-state index contributed by atoms with van der Waals surface area (Å²) in [5, 5.41) is 11.2. The van der Waals surface area contributed by atoms with Crippen LogP contribution in [0.3, 0.4) is 0 Å². The van der Waals surface area contributed by atoms with Crippen molar-refractivity contribution in [2.45, 2.75) is 13.5 Å². The van der Waals surface area contributed by atoms with E-state index < -0.39 is 0 Å². The molecule has 5 nitrogen and oxygen atoms in total. The van der Waals surface area contributed by atoms with Crippen LogP contribution >= 0.6 is 0 Å². The minimum Gasteiger partial charge on any atom is -0.365 e. The lowest BCUT2D eigenvalue weighted by atomic mass is 10.2. The van der Waals surface area contributed by atoms with Gasteiger partial charge >= 0.3 is 0 Å². The Labute approximate surface area is 119 Å². The molecule has 0 atom stereocenters. The van der Waals surface area contributed by atoms with E-state index in [1.807, 2.05) is 18.2 Å². The third-order valence-electron chi connectivity index (χ3n) is 2.86. The number of nitrogens with one attached hydrogen (secondary N) is 1. The highest BCUT2D eigenvalue weighted by atomic mass is 15.3. The average Bonchev–Trinajstić information content (AvgIpc) is 2.52. The van der Waals surface area contributed by atoms with Gasteiger partial charge in [0, 0.05) is 19.6 Å². The third kappa shape index (κ3) is 3.78. The highest BCUT2D eigenvalue weighted by molar-refractivity contribution is 5.39. The van der Waals surface area contributed by atoms with E-state index in [0.717, 1.165) is 13.1 Å². The molecule has 1 heterocycles. The second-order valence-electron chi connectivity index (χ2n) is 4.31. The zero-order valence-electron chi connectivity index (χ0n) is 11.7. The molecular formula is C15H19N5. The van der Waals surface area contributed by atoms with Crippen molar-refractivity contribution in [3.63, 3.8) is 0 Å². The van der Waals surface area contributed by atoms with Gasteiger partial charge in [-0.15, -0.1) is 11.7 Å². The van der Waals surface area contributed by atoms with E-state index in [1.54, 1.807) is 12.3 Å². The van der Waals surface area contributed by atoms with Crippen molar-refractivity contribution in [2.75, 3.05) is 23.3 Å². The number of hydrogen-bond donors (Lipinski definition) is 1. The summed E-state index contributed by atoms with van der Waals surface area (Å²) < 4.78 is 0. The second kappa shape index (κ2) is 7.23. The molecule has 1 aromatic heterocycles. The van der Waals surface area contributed by atoms with Crippen LogP contribution < -0.4 is 10.2 Å². The largest absolute Gasteiger partial charge is 0.365 e. The van der Waals surface area contributed by atoms with Crippen LogP contribution in [-0.2, 0) is 6.54 Å². The number of rotatable bonds is 7. The lowest BCUT2D eigenvalue weighted by Crippen LogP contribution is -2.25. The summed E-state index contributed by atoms with van der Waals surface area (Å²) in [6.07, 6.45) is 3.40. The van der Waals surface area contributed by atoms with Crippen LogP contribution in [0.1, 0.15) is 12.5 Å². The van der Waals surface area contributed by atoms with Crippen molar-refractivity contribution in [2.24, 2.45) is 0 Å². The third-order valence-corrected chi connectivity index (χ3v) is 2.86. The van der Waals surface area contributed by atoms with E-state index in [2.05, 4.69) is 51.0 Å². The number of anilines is 2. The van der Waals surface area contributed by atoms with Gasteiger partial charge < -0.3 is 10.2 Å². The van der Waals surface area contributed by atoms with Crippen LogP contribution in [-0.4, -0.2) is 28.3 Å². The molecule has 0 unspecified atom stereocenters. The Kier molecular flexibility index (Phi) is 5.06. The smallest absolute Gasteiger partial charge is 0.247 e. The second-order valence-corrected chi connectivity index (χ2v) is 4.31. The zero-order chi connectivity index (χ0) is 14.2. The van der Waals surface area contributed by atoms with Crippen LogP contribution in [0, 0.1) is 0 Å². The van der Waals surface area contributed by atoms with Gasteiger partial charge in [-0.3, -0.25) is 0 Å². The van der Waals surface area contributed by atoms with Gasteiger partial charge in [-0.05, 0) is 12.5 Å². The lowest BCUT2D eigenvalue weighted by molar-refractivity contribution is 0.770. The molecule has 0 aliphatic rings. The van der Waals surface area contributed by atoms with E-state index >= 15 is 0 Å². The number of aromatic nitrogens is 3. The molecule has 2 aromatic rings. The maximum absolute atomic E-state index is 4.47. The molecule has 0 bridgehead atoms. The van der Waals surface area contributed by atoms with E-state index in [9.17, 15) is 0 Å². The average molecular weight is 269 g/mol. The van der Waals surface area contributed by atoms with E-state index in [0.29, 0.717) is 18.3 Å². The van der Waals surface area contributed by atoms with Crippen molar-refractivity contribution in [1.29, 1.82) is 0 Å². The standard InChI is InChI=1S/C15H19N5/c1-3-10-16-14-11-17-19-15(18-14)20(4-2)12-13-8-6-5-7-9-13/h3,5-9,11H,1,4,10,12H2,2H3,(H,16,18,19). The number of benzene rings is 1. The monoisotopic (exact) mass is 269 g/mol. The highest BCUT2D eigenvalue weighted by Crippen LogP contribution is 2.13. The van der Waals surface area contributed by atoms with E-state index in [-0.39, 0.29) is 0 Å². The minimum atomic E-state index is 0.630. The summed E-state index contributed by atoms with van der Waals surface area (Å²) in [5.74, 6) is 1.34. The molecule has 0 spiro atoms. The topological polar surface area (TPSA) is 53.9 Å². The molecule has 0 aliphatic heterocycles. The molecule has 0 saturated carbocycles. The Morgan fingerprint density at radius 1 is 1.30 bits per heavy atom. The Hall–Kier alpha value is -2.43.